The van der Waals surface area contributed by atoms with Crippen LogP contribution in [0.25, 0.3) is 0 Å². The molecule has 1 fully saturated rings. The lowest BCUT2D eigenvalue weighted by atomic mass is 9.89. The highest BCUT2D eigenvalue weighted by Crippen LogP contribution is 2.25. The standard InChI is InChI=1S/C17H33NO8S2/c1-17(2,3)26-16(19)18-10-8-14(9-11-18)6-7-15(12-24-27(4,20)21)13-25-28(5,22)23/h14-15H,6-13H2,1-5H3. The molecule has 1 heterocycles. The maximum absolute atomic E-state index is 12.1. The van der Waals surface area contributed by atoms with E-state index in [9.17, 15) is 21.6 Å². The molecule has 0 aromatic heterocycles. The van der Waals surface area contributed by atoms with E-state index in [1.165, 1.54) is 0 Å². The lowest BCUT2D eigenvalue weighted by Crippen LogP contribution is -2.41. The van der Waals surface area contributed by atoms with Crippen LogP contribution in [-0.4, -0.2) is 72.2 Å². The fraction of sp³-hybridized carbons (Fsp3) is 0.941. The molecular formula is C17H33NO8S2. The predicted molar refractivity (Wildman–Crippen MR) is 105 cm³/mol. The Kier molecular flexibility index (Phi) is 9.17. The van der Waals surface area contributed by atoms with E-state index in [4.69, 9.17) is 13.1 Å². The van der Waals surface area contributed by atoms with Gasteiger partial charge in [0.1, 0.15) is 5.60 Å². The molecule has 0 radical (unpaired) electrons. The zero-order valence-electron chi connectivity index (χ0n) is 17.3. The summed E-state index contributed by atoms with van der Waals surface area (Å²) in [5.41, 5.74) is -0.527. The van der Waals surface area contributed by atoms with Crippen LogP contribution < -0.4 is 0 Å². The maximum Gasteiger partial charge on any atom is 0.410 e. The van der Waals surface area contributed by atoms with Crippen molar-refractivity contribution in [3.05, 3.63) is 0 Å². The number of carbonyl (C=O) groups excluding carboxylic acids is 1. The van der Waals surface area contributed by atoms with Crippen molar-refractivity contribution in [1.29, 1.82) is 0 Å². The van der Waals surface area contributed by atoms with Gasteiger partial charge in [0.2, 0.25) is 0 Å². The first kappa shape index (κ1) is 25.1. The van der Waals surface area contributed by atoms with Crippen LogP contribution >= 0.6 is 0 Å². The monoisotopic (exact) mass is 443 g/mol. The molecule has 1 saturated heterocycles. The van der Waals surface area contributed by atoms with Crippen molar-refractivity contribution in [2.45, 2.75) is 52.1 Å². The van der Waals surface area contributed by atoms with Gasteiger partial charge >= 0.3 is 6.09 Å². The van der Waals surface area contributed by atoms with Gasteiger partial charge in [0.15, 0.2) is 0 Å². The van der Waals surface area contributed by atoms with Crippen LogP contribution in [-0.2, 0) is 33.3 Å². The molecule has 28 heavy (non-hydrogen) atoms. The van der Waals surface area contributed by atoms with E-state index < -0.39 is 25.8 Å². The second kappa shape index (κ2) is 10.2. The molecule has 0 atom stereocenters. The minimum Gasteiger partial charge on any atom is -0.444 e. The molecule has 166 valence electrons. The van der Waals surface area contributed by atoms with Crippen molar-refractivity contribution < 1.29 is 34.7 Å². The van der Waals surface area contributed by atoms with E-state index in [1.807, 2.05) is 20.8 Å². The number of carbonyl (C=O) groups is 1. The summed E-state index contributed by atoms with van der Waals surface area (Å²) in [5, 5.41) is 0. The van der Waals surface area contributed by atoms with Crippen LogP contribution in [0.1, 0.15) is 46.5 Å². The van der Waals surface area contributed by atoms with Gasteiger partial charge in [-0.1, -0.05) is 0 Å². The summed E-state index contributed by atoms with van der Waals surface area (Å²) in [4.78, 5) is 13.8. The quantitative estimate of drug-likeness (QED) is 0.497. The summed E-state index contributed by atoms with van der Waals surface area (Å²) in [7, 11) is -7.22. The van der Waals surface area contributed by atoms with Crippen molar-refractivity contribution in [3.8, 4) is 0 Å². The smallest absolute Gasteiger partial charge is 0.410 e. The summed E-state index contributed by atoms with van der Waals surface area (Å²) in [6.45, 7) is 6.45. The van der Waals surface area contributed by atoms with Gasteiger partial charge in [-0.3, -0.25) is 8.37 Å². The number of hydrogen-bond acceptors (Lipinski definition) is 8. The summed E-state index contributed by atoms with van der Waals surface area (Å²) in [5.74, 6) is 0.00555. The Bertz CT molecular complexity index is 668. The van der Waals surface area contributed by atoms with Gasteiger partial charge in [0.25, 0.3) is 20.2 Å². The minimum atomic E-state index is -3.61. The van der Waals surface area contributed by atoms with E-state index in [0.29, 0.717) is 25.4 Å². The third kappa shape index (κ3) is 11.8. The third-order valence-electron chi connectivity index (χ3n) is 4.29. The van der Waals surface area contributed by atoms with Crippen molar-refractivity contribution >= 4 is 26.3 Å². The Balaban J connectivity index is 2.48. The third-order valence-corrected chi connectivity index (χ3v) is 5.41. The molecule has 1 rings (SSSR count). The van der Waals surface area contributed by atoms with Crippen molar-refractivity contribution in [1.82, 2.24) is 4.90 Å². The number of piperidine rings is 1. The normalized spacial score (nSPS) is 17.1. The molecule has 1 aliphatic rings. The molecule has 0 bridgehead atoms. The largest absolute Gasteiger partial charge is 0.444 e. The number of hydrogen-bond donors (Lipinski definition) is 0. The topological polar surface area (TPSA) is 116 Å². The Labute approximate surface area is 169 Å². The number of amides is 1. The van der Waals surface area contributed by atoms with Crippen LogP contribution in [0, 0.1) is 11.8 Å². The lowest BCUT2D eigenvalue weighted by Gasteiger charge is -2.33. The molecule has 0 spiro atoms. The summed E-state index contributed by atoms with van der Waals surface area (Å²) in [6.07, 6.45) is 4.56. The van der Waals surface area contributed by atoms with E-state index in [-0.39, 0.29) is 25.2 Å². The first-order valence-electron chi connectivity index (χ1n) is 9.31. The Morgan fingerprint density at radius 1 is 1.00 bits per heavy atom. The van der Waals surface area contributed by atoms with Gasteiger partial charge in [-0.25, -0.2) is 4.79 Å². The molecular weight excluding hydrogens is 410 g/mol. The molecule has 11 heteroatoms. The highest BCUT2D eigenvalue weighted by atomic mass is 32.2. The van der Waals surface area contributed by atoms with Crippen LogP contribution in [0.5, 0.6) is 0 Å². The maximum atomic E-state index is 12.1. The fourth-order valence-electron chi connectivity index (χ4n) is 2.86. The van der Waals surface area contributed by atoms with Crippen LogP contribution in [0.2, 0.25) is 0 Å². The number of rotatable bonds is 9. The second-order valence-electron chi connectivity index (χ2n) is 8.33. The van der Waals surface area contributed by atoms with Crippen LogP contribution in [0.3, 0.4) is 0 Å². The molecule has 1 amide bonds. The Hall–Kier alpha value is -0.910. The average molecular weight is 444 g/mol. The molecule has 1 aliphatic heterocycles. The molecule has 0 unspecified atom stereocenters. The van der Waals surface area contributed by atoms with Crippen molar-refractivity contribution in [2.24, 2.45) is 11.8 Å². The summed E-state index contributed by atoms with van der Waals surface area (Å²) < 4.78 is 59.9. The van der Waals surface area contributed by atoms with Crippen molar-refractivity contribution in [2.75, 3.05) is 38.8 Å². The summed E-state index contributed by atoms with van der Waals surface area (Å²) >= 11 is 0. The van der Waals surface area contributed by atoms with E-state index in [1.54, 1.807) is 4.90 Å². The minimum absolute atomic E-state index is 0.120. The molecule has 0 aromatic carbocycles. The zero-order valence-corrected chi connectivity index (χ0v) is 19.0. The van der Waals surface area contributed by atoms with Gasteiger partial charge in [-0.15, -0.1) is 0 Å². The Morgan fingerprint density at radius 2 is 1.46 bits per heavy atom. The van der Waals surface area contributed by atoms with Gasteiger partial charge < -0.3 is 9.64 Å². The summed E-state index contributed by atoms with van der Waals surface area (Å²) in [6, 6.07) is 0. The highest BCUT2D eigenvalue weighted by molar-refractivity contribution is 7.86. The Morgan fingerprint density at radius 3 is 1.86 bits per heavy atom. The molecule has 0 aliphatic carbocycles. The van der Waals surface area contributed by atoms with Gasteiger partial charge in [-0.05, 0) is 52.4 Å². The van der Waals surface area contributed by atoms with E-state index in [2.05, 4.69) is 0 Å². The first-order valence-corrected chi connectivity index (χ1v) is 12.9. The van der Waals surface area contributed by atoms with E-state index >= 15 is 0 Å². The number of ether oxygens (including phenoxy) is 1. The van der Waals surface area contributed by atoms with Gasteiger partial charge in [-0.2, -0.15) is 16.8 Å². The number of nitrogens with zero attached hydrogens (tertiary/aromatic N) is 1. The molecule has 0 N–H and O–H groups in total. The number of likely N-dealkylation sites (tertiary alicyclic amines) is 1. The molecule has 9 nitrogen and oxygen atoms in total. The highest BCUT2D eigenvalue weighted by Gasteiger charge is 2.27. The van der Waals surface area contributed by atoms with Crippen LogP contribution in [0.4, 0.5) is 4.79 Å². The van der Waals surface area contributed by atoms with Gasteiger partial charge in [0, 0.05) is 19.0 Å². The van der Waals surface area contributed by atoms with E-state index in [0.717, 1.165) is 31.8 Å². The predicted octanol–water partition coefficient (Wildman–Crippen LogP) is 1.98. The lowest BCUT2D eigenvalue weighted by molar-refractivity contribution is 0.0178. The van der Waals surface area contributed by atoms with Crippen molar-refractivity contribution in [3.63, 3.8) is 0 Å². The fourth-order valence-corrected chi connectivity index (χ4v) is 3.74. The molecule has 0 saturated carbocycles. The van der Waals surface area contributed by atoms with Crippen LogP contribution in [0.15, 0.2) is 0 Å². The average Bonchev–Trinajstić information content (AvgIpc) is 2.51. The zero-order chi connectivity index (χ0) is 21.6. The molecule has 0 aromatic rings. The van der Waals surface area contributed by atoms with Gasteiger partial charge in [0.05, 0.1) is 25.7 Å². The first-order chi connectivity index (χ1) is 12.6. The second-order valence-corrected chi connectivity index (χ2v) is 11.6. The SMILES string of the molecule is CC(C)(C)OC(=O)N1CCC(CCC(COS(C)(=O)=O)COS(C)(=O)=O)CC1.